The molecule has 1 aromatic carbocycles. The molecule has 1 heteroatoms. The molecule has 0 aliphatic heterocycles. The first-order valence-electron chi connectivity index (χ1n) is 9.67. The van der Waals surface area contributed by atoms with Gasteiger partial charge in [0, 0.05) is 0 Å². The molecule has 1 unspecified atom stereocenters. The molecule has 0 saturated heterocycles. The fourth-order valence-corrected chi connectivity index (χ4v) is 3.21. The molecule has 23 heavy (non-hydrogen) atoms. The van der Waals surface area contributed by atoms with Crippen LogP contribution < -0.4 is 0 Å². The predicted octanol–water partition coefficient (Wildman–Crippen LogP) is 6.77. The van der Waals surface area contributed by atoms with Gasteiger partial charge in [-0.15, -0.1) is 6.58 Å². The number of nitrogens with zero attached hydrogens (tertiary/aromatic N) is 1. The van der Waals surface area contributed by atoms with Crippen LogP contribution >= 0.6 is 0 Å². The second-order valence-electron chi connectivity index (χ2n) is 6.75. The number of benzene rings is 1. The fourth-order valence-electron chi connectivity index (χ4n) is 3.21. The molecule has 1 aromatic rings. The van der Waals surface area contributed by atoms with E-state index in [0.29, 0.717) is 6.04 Å². The Balaban J connectivity index is 2.07. The third-order valence-corrected chi connectivity index (χ3v) is 4.70. The van der Waals surface area contributed by atoms with Crippen molar-refractivity contribution in [3.63, 3.8) is 0 Å². The van der Waals surface area contributed by atoms with Crippen molar-refractivity contribution in [2.75, 3.05) is 13.6 Å². The Labute approximate surface area is 144 Å². The largest absolute Gasteiger partial charge is 0.296 e. The molecule has 0 fully saturated rings. The summed E-state index contributed by atoms with van der Waals surface area (Å²) < 4.78 is 0. The van der Waals surface area contributed by atoms with Crippen LogP contribution in [-0.2, 0) is 0 Å². The molecule has 0 amide bonds. The lowest BCUT2D eigenvalue weighted by molar-refractivity contribution is 0.278. The van der Waals surface area contributed by atoms with Gasteiger partial charge in [0.25, 0.3) is 0 Å². The summed E-state index contributed by atoms with van der Waals surface area (Å²) in [4.78, 5) is 2.42. The Kier molecular flexibility index (Phi) is 11.6. The van der Waals surface area contributed by atoms with E-state index < -0.39 is 0 Å². The maximum absolute atomic E-state index is 4.02. The summed E-state index contributed by atoms with van der Waals surface area (Å²) in [5.74, 6) is 0. The monoisotopic (exact) mass is 315 g/mol. The van der Waals surface area contributed by atoms with Crippen LogP contribution in [0.15, 0.2) is 43.0 Å². The lowest BCUT2D eigenvalue weighted by atomic mass is 10.0. The van der Waals surface area contributed by atoms with Crippen LogP contribution in [0.4, 0.5) is 0 Å². The van der Waals surface area contributed by atoms with Crippen molar-refractivity contribution in [2.45, 2.75) is 77.2 Å². The average Bonchev–Trinajstić information content (AvgIpc) is 2.58. The van der Waals surface area contributed by atoms with Crippen molar-refractivity contribution < 1.29 is 0 Å². The minimum atomic E-state index is 0.342. The van der Waals surface area contributed by atoms with Crippen LogP contribution in [0.1, 0.15) is 82.7 Å². The van der Waals surface area contributed by atoms with Crippen molar-refractivity contribution >= 4 is 0 Å². The quantitative estimate of drug-likeness (QED) is 0.270. The topological polar surface area (TPSA) is 3.24 Å². The Morgan fingerprint density at radius 3 is 1.91 bits per heavy atom. The van der Waals surface area contributed by atoms with Gasteiger partial charge in [0.1, 0.15) is 0 Å². The molecule has 0 bridgehead atoms. The highest BCUT2D eigenvalue weighted by molar-refractivity contribution is 5.22. The summed E-state index contributed by atoms with van der Waals surface area (Å²) in [6.07, 6.45) is 16.0. The van der Waals surface area contributed by atoms with E-state index in [9.17, 15) is 0 Å². The molecule has 0 saturated carbocycles. The number of unbranched alkanes of at least 4 members (excludes halogenated alkanes) is 9. The summed E-state index contributed by atoms with van der Waals surface area (Å²) in [6, 6.07) is 11.0. The van der Waals surface area contributed by atoms with Gasteiger partial charge in [-0.25, -0.2) is 0 Å². The third kappa shape index (κ3) is 8.95. The highest BCUT2D eigenvalue weighted by atomic mass is 15.1. The number of likely N-dealkylation sites (N-methyl/N-ethyl adjacent to an activating group) is 1. The van der Waals surface area contributed by atoms with Gasteiger partial charge in [-0.1, -0.05) is 101 Å². The van der Waals surface area contributed by atoms with Gasteiger partial charge in [0.2, 0.25) is 0 Å². The maximum atomic E-state index is 4.02. The molecule has 0 aromatic heterocycles. The van der Waals surface area contributed by atoms with Crippen molar-refractivity contribution in [1.29, 1.82) is 0 Å². The van der Waals surface area contributed by atoms with Crippen LogP contribution in [-0.4, -0.2) is 18.5 Å². The Hall–Kier alpha value is -1.08. The number of hydrogen-bond donors (Lipinski definition) is 0. The summed E-state index contributed by atoms with van der Waals surface area (Å²) >= 11 is 0. The summed E-state index contributed by atoms with van der Waals surface area (Å²) in [7, 11) is 2.22. The molecule has 0 aliphatic rings. The van der Waals surface area contributed by atoms with Crippen LogP contribution in [0, 0.1) is 0 Å². The van der Waals surface area contributed by atoms with E-state index in [1.807, 2.05) is 0 Å². The van der Waals surface area contributed by atoms with Gasteiger partial charge < -0.3 is 0 Å². The van der Waals surface area contributed by atoms with Crippen LogP contribution in [0.5, 0.6) is 0 Å². The van der Waals surface area contributed by atoms with Crippen molar-refractivity contribution in [1.82, 2.24) is 4.90 Å². The molecule has 1 rings (SSSR count). The standard InChI is InChI=1S/C22H37N/c1-4-6-7-8-9-10-11-12-13-17-20-23(3)22(5-2)21-18-15-14-16-19-21/h5,14-16,18-19,22H,2,4,6-13,17,20H2,1,3H3. The van der Waals surface area contributed by atoms with Crippen molar-refractivity contribution in [3.05, 3.63) is 48.6 Å². The number of rotatable bonds is 14. The molecule has 0 aliphatic carbocycles. The molecule has 0 heterocycles. The minimum absolute atomic E-state index is 0.342. The zero-order chi connectivity index (χ0) is 16.8. The van der Waals surface area contributed by atoms with Gasteiger partial charge >= 0.3 is 0 Å². The first-order valence-corrected chi connectivity index (χ1v) is 9.67. The Morgan fingerprint density at radius 2 is 1.39 bits per heavy atom. The van der Waals surface area contributed by atoms with Gasteiger partial charge in [-0.2, -0.15) is 0 Å². The highest BCUT2D eigenvalue weighted by Gasteiger charge is 2.12. The van der Waals surface area contributed by atoms with Crippen LogP contribution in [0.2, 0.25) is 0 Å². The summed E-state index contributed by atoms with van der Waals surface area (Å²) in [5, 5.41) is 0. The molecule has 0 N–H and O–H groups in total. The van der Waals surface area contributed by atoms with Gasteiger partial charge in [0.05, 0.1) is 6.04 Å². The van der Waals surface area contributed by atoms with Crippen LogP contribution in [0.3, 0.4) is 0 Å². The molecule has 130 valence electrons. The van der Waals surface area contributed by atoms with E-state index in [4.69, 9.17) is 0 Å². The zero-order valence-electron chi connectivity index (χ0n) is 15.5. The van der Waals surface area contributed by atoms with E-state index in [2.05, 4.69) is 61.9 Å². The Morgan fingerprint density at radius 1 is 0.870 bits per heavy atom. The first kappa shape index (κ1) is 20.0. The van der Waals surface area contributed by atoms with Crippen LogP contribution in [0.25, 0.3) is 0 Å². The normalized spacial score (nSPS) is 12.5. The lowest BCUT2D eigenvalue weighted by Crippen LogP contribution is -2.24. The SMILES string of the molecule is C=CC(c1ccccc1)N(C)CCCCCCCCCCCC. The second-order valence-corrected chi connectivity index (χ2v) is 6.75. The second kappa shape index (κ2) is 13.4. The summed E-state index contributed by atoms with van der Waals surface area (Å²) in [6.45, 7) is 7.45. The first-order chi connectivity index (χ1) is 11.3. The van der Waals surface area contributed by atoms with Gasteiger partial charge in [-0.3, -0.25) is 4.90 Å². The minimum Gasteiger partial charge on any atom is -0.296 e. The molecular formula is C22H37N. The molecule has 1 nitrogen and oxygen atoms in total. The average molecular weight is 316 g/mol. The molecule has 1 atom stereocenters. The van der Waals surface area contributed by atoms with E-state index in [0.717, 1.165) is 6.54 Å². The summed E-state index contributed by atoms with van der Waals surface area (Å²) in [5.41, 5.74) is 1.34. The zero-order valence-corrected chi connectivity index (χ0v) is 15.5. The molecular weight excluding hydrogens is 278 g/mol. The highest BCUT2D eigenvalue weighted by Crippen LogP contribution is 2.20. The van der Waals surface area contributed by atoms with Gasteiger partial charge in [-0.05, 0) is 25.6 Å². The predicted molar refractivity (Wildman–Crippen MR) is 104 cm³/mol. The third-order valence-electron chi connectivity index (χ3n) is 4.70. The van der Waals surface area contributed by atoms with E-state index in [-0.39, 0.29) is 0 Å². The molecule has 0 radical (unpaired) electrons. The smallest absolute Gasteiger partial charge is 0.0526 e. The van der Waals surface area contributed by atoms with Crippen molar-refractivity contribution in [3.8, 4) is 0 Å². The maximum Gasteiger partial charge on any atom is 0.0526 e. The van der Waals surface area contributed by atoms with E-state index in [1.165, 1.54) is 69.8 Å². The fraction of sp³-hybridized carbons (Fsp3) is 0.636. The van der Waals surface area contributed by atoms with Crippen molar-refractivity contribution in [2.24, 2.45) is 0 Å². The van der Waals surface area contributed by atoms with Gasteiger partial charge in [0.15, 0.2) is 0 Å². The van der Waals surface area contributed by atoms with E-state index in [1.54, 1.807) is 0 Å². The lowest BCUT2D eigenvalue weighted by Gasteiger charge is -2.25. The Bertz CT molecular complexity index is 384. The molecule has 0 spiro atoms. The van der Waals surface area contributed by atoms with E-state index >= 15 is 0 Å². The number of hydrogen-bond acceptors (Lipinski definition) is 1.